The molecule has 0 spiro atoms. The van der Waals surface area contributed by atoms with Crippen LogP contribution in [0.5, 0.6) is 0 Å². The molecule has 17 heavy (non-hydrogen) atoms. The van der Waals surface area contributed by atoms with E-state index in [1.165, 1.54) is 11.3 Å². The Morgan fingerprint density at radius 2 is 2.00 bits per heavy atom. The SMILES string of the molecule is Nc1scc2[nH]c(-c3ccccc3)nc(=S)c12. The molecule has 0 fully saturated rings. The maximum Gasteiger partial charge on any atom is 0.140 e. The largest absolute Gasteiger partial charge is 0.390 e. The van der Waals surface area contributed by atoms with Crippen LogP contribution < -0.4 is 5.73 Å². The second-order valence-corrected chi connectivity index (χ2v) is 4.94. The van der Waals surface area contributed by atoms with Crippen LogP contribution in [0.2, 0.25) is 0 Å². The predicted molar refractivity (Wildman–Crippen MR) is 74.7 cm³/mol. The summed E-state index contributed by atoms with van der Waals surface area (Å²) in [4.78, 5) is 7.65. The first-order valence-electron chi connectivity index (χ1n) is 5.08. The van der Waals surface area contributed by atoms with E-state index in [1.54, 1.807) is 0 Å². The number of rotatable bonds is 1. The highest BCUT2D eigenvalue weighted by Gasteiger charge is 2.07. The van der Waals surface area contributed by atoms with E-state index in [-0.39, 0.29) is 0 Å². The van der Waals surface area contributed by atoms with Gasteiger partial charge in [0, 0.05) is 10.9 Å². The fourth-order valence-corrected chi connectivity index (χ4v) is 2.85. The Bertz CT molecular complexity index is 728. The van der Waals surface area contributed by atoms with Gasteiger partial charge in [0.1, 0.15) is 10.5 Å². The van der Waals surface area contributed by atoms with Crippen LogP contribution in [0, 0.1) is 4.64 Å². The van der Waals surface area contributed by atoms with Gasteiger partial charge in [-0.3, -0.25) is 0 Å². The zero-order chi connectivity index (χ0) is 11.8. The molecule has 5 heteroatoms. The molecule has 1 aromatic carbocycles. The number of benzene rings is 1. The Hall–Kier alpha value is -1.72. The Morgan fingerprint density at radius 3 is 2.76 bits per heavy atom. The maximum atomic E-state index is 5.86. The van der Waals surface area contributed by atoms with Crippen molar-refractivity contribution in [3.8, 4) is 11.4 Å². The number of fused-ring (bicyclic) bond motifs is 1. The molecule has 0 amide bonds. The van der Waals surface area contributed by atoms with Crippen molar-refractivity contribution in [2.24, 2.45) is 0 Å². The van der Waals surface area contributed by atoms with Gasteiger partial charge in [-0.05, 0) is 0 Å². The monoisotopic (exact) mass is 259 g/mol. The van der Waals surface area contributed by atoms with Crippen LogP contribution in [0.3, 0.4) is 0 Å². The van der Waals surface area contributed by atoms with Gasteiger partial charge in [0.15, 0.2) is 0 Å². The highest BCUT2D eigenvalue weighted by Crippen LogP contribution is 2.28. The van der Waals surface area contributed by atoms with Crippen molar-refractivity contribution in [3.63, 3.8) is 0 Å². The summed E-state index contributed by atoms with van der Waals surface area (Å²) in [7, 11) is 0. The fraction of sp³-hybridized carbons (Fsp3) is 0. The zero-order valence-corrected chi connectivity index (χ0v) is 10.4. The number of aromatic amines is 1. The summed E-state index contributed by atoms with van der Waals surface area (Å²) in [6, 6.07) is 9.91. The molecule has 0 saturated heterocycles. The lowest BCUT2D eigenvalue weighted by molar-refractivity contribution is 1.22. The molecule has 0 radical (unpaired) electrons. The summed E-state index contributed by atoms with van der Waals surface area (Å²) in [6.07, 6.45) is 0. The van der Waals surface area contributed by atoms with Crippen molar-refractivity contribution in [3.05, 3.63) is 40.4 Å². The van der Waals surface area contributed by atoms with Gasteiger partial charge < -0.3 is 10.7 Å². The zero-order valence-electron chi connectivity index (χ0n) is 8.81. The highest BCUT2D eigenvalue weighted by atomic mass is 32.1. The van der Waals surface area contributed by atoms with Crippen LogP contribution in [0.4, 0.5) is 5.00 Å². The number of nitrogen functional groups attached to an aromatic ring is 1. The fourth-order valence-electron chi connectivity index (χ4n) is 1.73. The molecule has 0 aliphatic heterocycles. The van der Waals surface area contributed by atoms with Crippen molar-refractivity contribution < 1.29 is 0 Å². The molecule has 0 bridgehead atoms. The average molecular weight is 259 g/mol. The van der Waals surface area contributed by atoms with Gasteiger partial charge in [-0.15, -0.1) is 11.3 Å². The molecule has 3 aromatic rings. The van der Waals surface area contributed by atoms with Crippen molar-refractivity contribution in [1.82, 2.24) is 9.97 Å². The Morgan fingerprint density at radius 1 is 1.24 bits per heavy atom. The molecule has 0 atom stereocenters. The van der Waals surface area contributed by atoms with Crippen LogP contribution >= 0.6 is 23.6 Å². The molecule has 0 aliphatic rings. The van der Waals surface area contributed by atoms with E-state index < -0.39 is 0 Å². The van der Waals surface area contributed by atoms with E-state index in [0.29, 0.717) is 9.64 Å². The molecule has 0 unspecified atom stereocenters. The molecule has 0 aliphatic carbocycles. The first-order valence-corrected chi connectivity index (χ1v) is 6.37. The number of aromatic nitrogens is 2. The third-order valence-corrected chi connectivity index (χ3v) is 3.65. The minimum Gasteiger partial charge on any atom is -0.390 e. The van der Waals surface area contributed by atoms with Gasteiger partial charge in [0.2, 0.25) is 0 Å². The number of anilines is 1. The van der Waals surface area contributed by atoms with Crippen LogP contribution in [0.15, 0.2) is 35.7 Å². The lowest BCUT2D eigenvalue weighted by Gasteiger charge is -2.01. The van der Waals surface area contributed by atoms with Crippen molar-refractivity contribution in [2.45, 2.75) is 0 Å². The van der Waals surface area contributed by atoms with E-state index in [9.17, 15) is 0 Å². The smallest absolute Gasteiger partial charge is 0.140 e. The number of H-pyrrole nitrogens is 1. The normalized spacial score (nSPS) is 10.8. The van der Waals surface area contributed by atoms with Gasteiger partial charge in [0.25, 0.3) is 0 Å². The van der Waals surface area contributed by atoms with Crippen molar-refractivity contribution >= 4 is 39.5 Å². The van der Waals surface area contributed by atoms with E-state index in [0.717, 1.165) is 22.3 Å². The highest BCUT2D eigenvalue weighted by molar-refractivity contribution is 7.71. The maximum absolute atomic E-state index is 5.86. The van der Waals surface area contributed by atoms with Crippen LogP contribution in [-0.4, -0.2) is 9.97 Å². The number of nitrogens with zero attached hydrogens (tertiary/aromatic N) is 1. The summed E-state index contributed by atoms with van der Waals surface area (Å²) in [6.45, 7) is 0. The third kappa shape index (κ3) is 1.73. The number of nitrogens with two attached hydrogens (primary N) is 1. The summed E-state index contributed by atoms with van der Waals surface area (Å²) >= 11 is 6.75. The standard InChI is InChI=1S/C12H9N3S2/c13-10-9-8(6-17-10)14-11(15-12(9)16)7-4-2-1-3-5-7/h1-6H,13H2,(H,14,15,16). The minimum absolute atomic E-state index is 0.552. The Balaban J connectivity index is 2.30. The molecule has 2 aromatic heterocycles. The molecule has 0 saturated carbocycles. The van der Waals surface area contributed by atoms with E-state index in [1.807, 2.05) is 35.7 Å². The first kappa shape index (κ1) is 10.4. The van der Waals surface area contributed by atoms with Gasteiger partial charge in [0.05, 0.1) is 15.9 Å². The number of nitrogens with one attached hydrogen (secondary N) is 1. The molecule has 84 valence electrons. The topological polar surface area (TPSA) is 54.7 Å². The van der Waals surface area contributed by atoms with Gasteiger partial charge in [-0.25, -0.2) is 4.98 Å². The number of hydrogen-bond donors (Lipinski definition) is 2. The molecular weight excluding hydrogens is 250 g/mol. The summed E-state index contributed by atoms with van der Waals surface area (Å²) < 4.78 is 0.552. The summed E-state index contributed by atoms with van der Waals surface area (Å²) in [5.41, 5.74) is 7.83. The minimum atomic E-state index is 0.552. The van der Waals surface area contributed by atoms with Crippen LogP contribution in [-0.2, 0) is 0 Å². The van der Waals surface area contributed by atoms with E-state index in [4.69, 9.17) is 18.0 Å². The van der Waals surface area contributed by atoms with Crippen molar-refractivity contribution in [1.29, 1.82) is 0 Å². The second kappa shape index (κ2) is 3.94. The summed E-state index contributed by atoms with van der Waals surface area (Å²) in [5, 5.41) is 3.53. The Labute approximate surface area is 107 Å². The lowest BCUT2D eigenvalue weighted by atomic mass is 10.2. The van der Waals surface area contributed by atoms with E-state index >= 15 is 0 Å². The van der Waals surface area contributed by atoms with Crippen LogP contribution in [0.25, 0.3) is 22.3 Å². The molecule has 3 nitrogen and oxygen atoms in total. The van der Waals surface area contributed by atoms with Crippen molar-refractivity contribution in [2.75, 3.05) is 5.73 Å². The molecule has 2 heterocycles. The number of hydrogen-bond acceptors (Lipinski definition) is 4. The quantitative estimate of drug-likeness (QED) is 0.656. The predicted octanol–water partition coefficient (Wildman–Crippen LogP) is 3.60. The number of thiophene rings is 1. The summed E-state index contributed by atoms with van der Waals surface area (Å²) in [5.74, 6) is 0.779. The van der Waals surface area contributed by atoms with Crippen LogP contribution in [0.1, 0.15) is 0 Å². The molecule has 3 N–H and O–H groups in total. The first-order chi connectivity index (χ1) is 8.25. The third-order valence-electron chi connectivity index (χ3n) is 2.55. The van der Waals surface area contributed by atoms with Gasteiger partial charge >= 0.3 is 0 Å². The van der Waals surface area contributed by atoms with Gasteiger partial charge in [-0.2, -0.15) is 0 Å². The van der Waals surface area contributed by atoms with E-state index in [2.05, 4.69) is 9.97 Å². The Kier molecular flexibility index (Phi) is 2.42. The average Bonchev–Trinajstić information content (AvgIpc) is 2.73. The van der Waals surface area contributed by atoms with Gasteiger partial charge in [-0.1, -0.05) is 42.5 Å². The molecule has 3 rings (SSSR count). The second-order valence-electron chi connectivity index (χ2n) is 3.65. The lowest BCUT2D eigenvalue weighted by Crippen LogP contribution is -1.91. The molecular formula is C12H9N3S2.